The van der Waals surface area contributed by atoms with E-state index in [0.29, 0.717) is 25.7 Å². The first-order valence-electron chi connectivity index (χ1n) is 7.20. The summed E-state index contributed by atoms with van der Waals surface area (Å²) in [6.07, 6.45) is 0.784. The van der Waals surface area contributed by atoms with Crippen molar-refractivity contribution < 1.29 is 13.2 Å². The zero-order valence-corrected chi connectivity index (χ0v) is 12.2. The largest absolute Gasteiger partial charge is 0.329 e. The molecule has 0 bridgehead atoms. The van der Waals surface area contributed by atoms with E-state index in [4.69, 9.17) is 5.73 Å². The molecule has 0 saturated heterocycles. The van der Waals surface area contributed by atoms with E-state index in [1.165, 1.54) is 0 Å². The molecule has 2 N–H and O–H groups in total. The Bertz CT molecular complexity index is 602. The fraction of sp³-hybridized carbons (Fsp3) is 0.294. The van der Waals surface area contributed by atoms with Crippen molar-refractivity contribution in [2.45, 2.75) is 13.0 Å². The molecule has 22 heavy (non-hydrogen) atoms. The zero-order valence-electron chi connectivity index (χ0n) is 12.2. The minimum atomic E-state index is -1.17. The first kappa shape index (κ1) is 16.5. The van der Waals surface area contributed by atoms with E-state index < -0.39 is 17.5 Å². The van der Waals surface area contributed by atoms with Crippen molar-refractivity contribution in [3.8, 4) is 0 Å². The van der Waals surface area contributed by atoms with Crippen molar-refractivity contribution in [1.29, 1.82) is 0 Å². The van der Waals surface area contributed by atoms with Gasteiger partial charge in [-0.2, -0.15) is 0 Å². The molecule has 5 heteroatoms. The molecule has 0 fully saturated rings. The number of hydrogen-bond acceptors (Lipinski definition) is 2. The summed E-state index contributed by atoms with van der Waals surface area (Å²) in [7, 11) is 0. The summed E-state index contributed by atoms with van der Waals surface area (Å²) in [4.78, 5) is 1.93. The van der Waals surface area contributed by atoms with Crippen molar-refractivity contribution >= 4 is 0 Å². The van der Waals surface area contributed by atoms with E-state index >= 15 is 0 Å². The summed E-state index contributed by atoms with van der Waals surface area (Å²) >= 11 is 0. The van der Waals surface area contributed by atoms with Gasteiger partial charge in [-0.3, -0.25) is 4.90 Å². The molecule has 0 aliphatic heterocycles. The van der Waals surface area contributed by atoms with Crippen LogP contribution in [0.25, 0.3) is 0 Å². The van der Waals surface area contributed by atoms with E-state index in [0.717, 1.165) is 18.1 Å². The third-order valence-corrected chi connectivity index (χ3v) is 3.49. The van der Waals surface area contributed by atoms with Gasteiger partial charge in [0.2, 0.25) is 0 Å². The first-order chi connectivity index (χ1) is 10.6. The number of hydrogen-bond donors (Lipinski definition) is 1. The monoisotopic (exact) mass is 308 g/mol. The van der Waals surface area contributed by atoms with E-state index in [1.807, 2.05) is 35.2 Å². The van der Waals surface area contributed by atoms with Crippen LogP contribution in [-0.4, -0.2) is 24.5 Å². The molecule has 0 unspecified atom stereocenters. The molecule has 2 nitrogen and oxygen atoms in total. The molecule has 118 valence electrons. The lowest BCUT2D eigenvalue weighted by Crippen LogP contribution is -2.31. The second-order valence-corrected chi connectivity index (χ2v) is 5.16. The van der Waals surface area contributed by atoms with Crippen LogP contribution in [0.5, 0.6) is 0 Å². The fourth-order valence-electron chi connectivity index (χ4n) is 2.31. The zero-order chi connectivity index (χ0) is 15.9. The van der Waals surface area contributed by atoms with Crippen LogP contribution >= 0.6 is 0 Å². The lowest BCUT2D eigenvalue weighted by Gasteiger charge is -2.22. The minimum absolute atomic E-state index is 0.139. The van der Waals surface area contributed by atoms with Gasteiger partial charge < -0.3 is 5.73 Å². The Morgan fingerprint density at radius 3 is 2.23 bits per heavy atom. The summed E-state index contributed by atoms with van der Waals surface area (Å²) in [5.74, 6) is -2.94. The number of nitrogens with zero attached hydrogens (tertiary/aromatic N) is 1. The van der Waals surface area contributed by atoms with Gasteiger partial charge in [0.15, 0.2) is 11.6 Å². The highest BCUT2D eigenvalue weighted by atomic mass is 19.2. The molecule has 2 aromatic rings. The van der Waals surface area contributed by atoms with Crippen molar-refractivity contribution in [3.63, 3.8) is 0 Å². The van der Waals surface area contributed by atoms with Gasteiger partial charge in [-0.25, -0.2) is 13.2 Å². The van der Waals surface area contributed by atoms with Gasteiger partial charge in [-0.05, 0) is 18.1 Å². The summed E-state index contributed by atoms with van der Waals surface area (Å²) in [5, 5.41) is 0. The molecule has 0 aliphatic rings. The molecule has 0 amide bonds. The molecule has 0 radical (unpaired) electrons. The maximum absolute atomic E-state index is 13.7. The van der Waals surface area contributed by atoms with Crippen LogP contribution in [0, 0.1) is 17.5 Å². The Balaban J connectivity index is 2.04. The van der Waals surface area contributed by atoms with Crippen molar-refractivity contribution in [2.24, 2.45) is 5.73 Å². The Morgan fingerprint density at radius 1 is 0.864 bits per heavy atom. The SMILES string of the molecule is NCCN(CCc1ccccc1)Cc1cc(F)c(F)cc1F. The summed E-state index contributed by atoms with van der Waals surface area (Å²) < 4.78 is 40.0. The summed E-state index contributed by atoms with van der Waals surface area (Å²) in [6, 6.07) is 11.4. The van der Waals surface area contributed by atoms with Crippen LogP contribution in [0.4, 0.5) is 13.2 Å². The smallest absolute Gasteiger partial charge is 0.161 e. The normalized spacial score (nSPS) is 11.1. The quantitative estimate of drug-likeness (QED) is 0.796. The van der Waals surface area contributed by atoms with Crippen molar-refractivity contribution in [1.82, 2.24) is 4.90 Å². The van der Waals surface area contributed by atoms with Gasteiger partial charge in [0.05, 0.1) is 0 Å². The maximum Gasteiger partial charge on any atom is 0.161 e. The number of halogens is 3. The average Bonchev–Trinajstić information content (AvgIpc) is 2.51. The standard InChI is InChI=1S/C17H19F3N2/c18-15-11-17(20)16(19)10-14(15)12-22(9-7-21)8-6-13-4-2-1-3-5-13/h1-5,10-11H,6-9,12,21H2. The van der Waals surface area contributed by atoms with Crippen LogP contribution in [0.1, 0.15) is 11.1 Å². The highest BCUT2D eigenvalue weighted by Gasteiger charge is 2.13. The molecule has 2 aromatic carbocycles. The van der Waals surface area contributed by atoms with Crippen LogP contribution in [0.2, 0.25) is 0 Å². The van der Waals surface area contributed by atoms with E-state index in [9.17, 15) is 13.2 Å². The van der Waals surface area contributed by atoms with Gasteiger partial charge in [0.1, 0.15) is 5.82 Å². The van der Waals surface area contributed by atoms with Gasteiger partial charge in [-0.1, -0.05) is 30.3 Å². The van der Waals surface area contributed by atoms with Gasteiger partial charge in [0, 0.05) is 37.8 Å². The first-order valence-corrected chi connectivity index (χ1v) is 7.20. The molecule has 0 aliphatic carbocycles. The van der Waals surface area contributed by atoms with E-state index in [2.05, 4.69) is 0 Å². The fourth-order valence-corrected chi connectivity index (χ4v) is 2.31. The molecule has 0 heterocycles. The van der Waals surface area contributed by atoms with Crippen LogP contribution in [-0.2, 0) is 13.0 Å². The minimum Gasteiger partial charge on any atom is -0.329 e. The van der Waals surface area contributed by atoms with Crippen LogP contribution < -0.4 is 5.73 Å². The Labute approximate surface area is 128 Å². The third-order valence-electron chi connectivity index (χ3n) is 3.49. The van der Waals surface area contributed by atoms with Gasteiger partial charge >= 0.3 is 0 Å². The topological polar surface area (TPSA) is 29.3 Å². The lowest BCUT2D eigenvalue weighted by molar-refractivity contribution is 0.271. The van der Waals surface area contributed by atoms with Gasteiger partial charge in [-0.15, -0.1) is 0 Å². The van der Waals surface area contributed by atoms with Crippen molar-refractivity contribution in [2.75, 3.05) is 19.6 Å². The Hall–Kier alpha value is -1.85. The average molecular weight is 308 g/mol. The highest BCUT2D eigenvalue weighted by molar-refractivity contribution is 5.20. The predicted molar refractivity (Wildman–Crippen MR) is 80.8 cm³/mol. The number of benzene rings is 2. The third kappa shape index (κ3) is 4.58. The highest BCUT2D eigenvalue weighted by Crippen LogP contribution is 2.16. The summed E-state index contributed by atoms with van der Waals surface area (Å²) in [5.41, 5.74) is 6.88. The Kier molecular flexibility index (Phi) is 5.98. The van der Waals surface area contributed by atoms with Gasteiger partial charge in [0.25, 0.3) is 0 Å². The second kappa shape index (κ2) is 7.96. The molecule has 2 rings (SSSR count). The molecule has 0 atom stereocenters. The van der Waals surface area contributed by atoms with E-state index in [-0.39, 0.29) is 12.1 Å². The van der Waals surface area contributed by atoms with Crippen LogP contribution in [0.15, 0.2) is 42.5 Å². The van der Waals surface area contributed by atoms with Crippen LogP contribution in [0.3, 0.4) is 0 Å². The lowest BCUT2D eigenvalue weighted by atomic mass is 10.1. The van der Waals surface area contributed by atoms with Crippen molar-refractivity contribution in [3.05, 3.63) is 71.0 Å². The predicted octanol–water partition coefficient (Wildman–Crippen LogP) is 3.11. The number of nitrogens with two attached hydrogens (primary N) is 1. The molecular weight excluding hydrogens is 289 g/mol. The Morgan fingerprint density at radius 2 is 1.55 bits per heavy atom. The molecule has 0 spiro atoms. The molecular formula is C17H19F3N2. The second-order valence-electron chi connectivity index (χ2n) is 5.16. The van der Waals surface area contributed by atoms with E-state index in [1.54, 1.807) is 0 Å². The summed E-state index contributed by atoms with van der Waals surface area (Å²) in [6.45, 7) is 1.85. The molecule has 0 aromatic heterocycles. The molecule has 0 saturated carbocycles. The maximum atomic E-state index is 13.7. The number of rotatable bonds is 7.